The molecule has 0 radical (unpaired) electrons. The number of hydrogen-bond donors (Lipinski definition) is 3. The molecule has 1 aromatic carbocycles. The maximum absolute atomic E-state index is 12.9. The van der Waals surface area contributed by atoms with Crippen LogP contribution in [0.25, 0.3) is 0 Å². The number of nitrogens with zero attached hydrogens (tertiary/aromatic N) is 1. The van der Waals surface area contributed by atoms with Crippen LogP contribution in [0, 0.1) is 5.82 Å². The Kier molecular flexibility index (Phi) is 4.04. The van der Waals surface area contributed by atoms with E-state index in [1.165, 1.54) is 12.1 Å². The summed E-state index contributed by atoms with van der Waals surface area (Å²) in [5, 5.41) is 16.7. The quantitative estimate of drug-likeness (QED) is 0.569. The van der Waals surface area contributed by atoms with Crippen molar-refractivity contribution in [2.45, 2.75) is 31.4 Å². The van der Waals surface area contributed by atoms with Crippen LogP contribution in [0.4, 0.5) is 4.39 Å². The minimum atomic E-state index is -1.07. The first kappa shape index (κ1) is 13.8. The molecular weight excluding hydrogens is 245 g/mol. The fourth-order valence-electron chi connectivity index (χ4n) is 1.78. The van der Waals surface area contributed by atoms with E-state index >= 15 is 0 Å². The van der Waals surface area contributed by atoms with Crippen LogP contribution in [-0.4, -0.2) is 30.7 Å². The highest BCUT2D eigenvalue weighted by molar-refractivity contribution is 5.80. The van der Waals surface area contributed by atoms with Crippen LogP contribution >= 0.6 is 0 Å². The van der Waals surface area contributed by atoms with E-state index in [-0.39, 0.29) is 5.82 Å². The van der Waals surface area contributed by atoms with Gasteiger partial charge in [-0.25, -0.2) is 4.39 Å². The minimum absolute atomic E-state index is 0.307. The summed E-state index contributed by atoms with van der Waals surface area (Å²) in [5.74, 6) is 0.378. The predicted molar refractivity (Wildman–Crippen MR) is 73.5 cm³/mol. The zero-order valence-corrected chi connectivity index (χ0v) is 11.3. The van der Waals surface area contributed by atoms with Crippen molar-refractivity contribution < 1.29 is 9.50 Å². The number of halogens is 1. The lowest BCUT2D eigenvalue weighted by atomic mass is 9.96. The summed E-state index contributed by atoms with van der Waals surface area (Å²) >= 11 is 0. The van der Waals surface area contributed by atoms with E-state index < -0.39 is 5.60 Å². The lowest BCUT2D eigenvalue weighted by molar-refractivity contribution is 0.0616. The molecule has 5 heteroatoms. The molecule has 1 atom stereocenters. The van der Waals surface area contributed by atoms with Gasteiger partial charge in [-0.1, -0.05) is 12.1 Å². The van der Waals surface area contributed by atoms with E-state index in [9.17, 15) is 9.50 Å². The smallest absolute Gasteiger partial charge is 0.191 e. The van der Waals surface area contributed by atoms with Crippen LogP contribution in [0.15, 0.2) is 29.3 Å². The summed E-state index contributed by atoms with van der Waals surface area (Å²) in [5.41, 5.74) is -0.405. The highest BCUT2D eigenvalue weighted by atomic mass is 19.1. The van der Waals surface area contributed by atoms with Gasteiger partial charge in [0.2, 0.25) is 0 Å². The first-order valence-corrected chi connectivity index (χ1v) is 6.47. The number of benzene rings is 1. The van der Waals surface area contributed by atoms with Crippen molar-refractivity contribution in [3.05, 3.63) is 35.6 Å². The molecule has 0 bridgehead atoms. The molecule has 3 N–H and O–H groups in total. The summed E-state index contributed by atoms with van der Waals surface area (Å²) in [6, 6.07) is 6.38. The Morgan fingerprint density at radius 3 is 2.58 bits per heavy atom. The molecular formula is C14H20FN3O. The van der Waals surface area contributed by atoms with Crippen LogP contribution in [0.1, 0.15) is 25.3 Å². The molecule has 2 rings (SSSR count). The maximum Gasteiger partial charge on any atom is 0.191 e. The molecule has 1 fully saturated rings. The van der Waals surface area contributed by atoms with Crippen molar-refractivity contribution in [3.8, 4) is 0 Å². The zero-order valence-electron chi connectivity index (χ0n) is 11.3. The van der Waals surface area contributed by atoms with Crippen molar-refractivity contribution in [2.75, 3.05) is 13.6 Å². The van der Waals surface area contributed by atoms with Crippen LogP contribution in [0.2, 0.25) is 0 Å². The highest BCUT2D eigenvalue weighted by Crippen LogP contribution is 2.20. The van der Waals surface area contributed by atoms with E-state index in [1.807, 2.05) is 0 Å². The lowest BCUT2D eigenvalue weighted by Gasteiger charge is -2.25. The Morgan fingerprint density at radius 1 is 1.42 bits per heavy atom. The van der Waals surface area contributed by atoms with Gasteiger partial charge in [-0.3, -0.25) is 4.99 Å². The highest BCUT2D eigenvalue weighted by Gasteiger charge is 2.25. The third-order valence-corrected chi connectivity index (χ3v) is 3.21. The van der Waals surface area contributed by atoms with Crippen molar-refractivity contribution in [2.24, 2.45) is 4.99 Å². The molecule has 1 aliphatic carbocycles. The molecule has 1 unspecified atom stereocenters. The molecule has 1 aromatic rings. The average Bonchev–Trinajstić information content (AvgIpc) is 3.19. The molecule has 0 aromatic heterocycles. The molecule has 0 heterocycles. The second-order valence-corrected chi connectivity index (χ2v) is 5.13. The minimum Gasteiger partial charge on any atom is -0.384 e. The lowest BCUT2D eigenvalue weighted by Crippen LogP contribution is -2.45. The number of hydrogen-bond acceptors (Lipinski definition) is 2. The van der Waals surface area contributed by atoms with Gasteiger partial charge in [-0.15, -0.1) is 0 Å². The molecule has 4 nitrogen and oxygen atoms in total. The van der Waals surface area contributed by atoms with Gasteiger partial charge in [-0.05, 0) is 37.5 Å². The van der Waals surface area contributed by atoms with E-state index in [0.717, 1.165) is 12.8 Å². The summed E-state index contributed by atoms with van der Waals surface area (Å²) in [7, 11) is 1.70. The van der Waals surface area contributed by atoms with Crippen molar-refractivity contribution in [1.82, 2.24) is 10.6 Å². The van der Waals surface area contributed by atoms with Crippen LogP contribution in [0.3, 0.4) is 0 Å². The summed E-state index contributed by atoms with van der Waals surface area (Å²) in [6.45, 7) is 2.00. The number of aliphatic hydroxyl groups is 1. The number of nitrogens with one attached hydrogen (secondary N) is 2. The molecule has 0 saturated heterocycles. The average molecular weight is 265 g/mol. The first-order valence-electron chi connectivity index (χ1n) is 6.47. The normalized spacial score (nSPS) is 18.8. The summed E-state index contributed by atoms with van der Waals surface area (Å²) in [4.78, 5) is 4.10. The Labute approximate surface area is 112 Å². The number of rotatable bonds is 4. The molecule has 1 aliphatic rings. The van der Waals surface area contributed by atoms with Gasteiger partial charge in [0.05, 0.1) is 6.54 Å². The van der Waals surface area contributed by atoms with Crippen LogP contribution < -0.4 is 10.6 Å². The van der Waals surface area contributed by atoms with Gasteiger partial charge < -0.3 is 15.7 Å². The number of aliphatic imine (C=N–C) groups is 1. The van der Waals surface area contributed by atoms with Crippen molar-refractivity contribution in [3.63, 3.8) is 0 Å². The third-order valence-electron chi connectivity index (χ3n) is 3.21. The molecule has 0 spiro atoms. The SMILES string of the molecule is CN=C(NCC(C)(O)c1ccc(F)cc1)NC1CC1. The van der Waals surface area contributed by atoms with E-state index in [4.69, 9.17) is 0 Å². The third kappa shape index (κ3) is 3.92. The van der Waals surface area contributed by atoms with Crippen LogP contribution in [-0.2, 0) is 5.60 Å². The zero-order chi connectivity index (χ0) is 13.9. The van der Waals surface area contributed by atoms with Crippen molar-refractivity contribution >= 4 is 5.96 Å². The predicted octanol–water partition coefficient (Wildman–Crippen LogP) is 1.36. The monoisotopic (exact) mass is 265 g/mol. The summed E-state index contributed by atoms with van der Waals surface area (Å²) < 4.78 is 12.9. The Morgan fingerprint density at radius 2 is 2.05 bits per heavy atom. The van der Waals surface area contributed by atoms with Gasteiger partial charge >= 0.3 is 0 Å². The molecule has 104 valence electrons. The maximum atomic E-state index is 12.9. The van der Waals surface area contributed by atoms with Gasteiger partial charge in [-0.2, -0.15) is 0 Å². The second kappa shape index (κ2) is 5.57. The molecule has 1 saturated carbocycles. The Balaban J connectivity index is 1.94. The molecule has 0 amide bonds. The fraction of sp³-hybridized carbons (Fsp3) is 0.500. The Bertz CT molecular complexity index is 452. The van der Waals surface area contributed by atoms with E-state index in [0.29, 0.717) is 24.1 Å². The molecule has 19 heavy (non-hydrogen) atoms. The first-order chi connectivity index (χ1) is 9.01. The summed E-state index contributed by atoms with van der Waals surface area (Å²) in [6.07, 6.45) is 2.32. The van der Waals surface area contributed by atoms with Gasteiger partial charge in [0.25, 0.3) is 0 Å². The van der Waals surface area contributed by atoms with Crippen molar-refractivity contribution in [1.29, 1.82) is 0 Å². The van der Waals surface area contributed by atoms with E-state index in [1.54, 1.807) is 26.1 Å². The van der Waals surface area contributed by atoms with Gasteiger partial charge in [0.15, 0.2) is 5.96 Å². The van der Waals surface area contributed by atoms with Gasteiger partial charge in [0, 0.05) is 13.1 Å². The fourth-order valence-corrected chi connectivity index (χ4v) is 1.78. The van der Waals surface area contributed by atoms with Gasteiger partial charge in [0.1, 0.15) is 11.4 Å². The largest absolute Gasteiger partial charge is 0.384 e. The standard InChI is InChI=1S/C14H20FN3O/c1-14(19,10-3-5-11(15)6-4-10)9-17-13(16-2)18-12-7-8-12/h3-6,12,19H,7-9H2,1-2H3,(H2,16,17,18). The Hall–Kier alpha value is -1.62. The topological polar surface area (TPSA) is 56.7 Å². The number of guanidine groups is 1. The van der Waals surface area contributed by atoms with E-state index in [2.05, 4.69) is 15.6 Å². The second-order valence-electron chi connectivity index (χ2n) is 5.13. The van der Waals surface area contributed by atoms with Crippen LogP contribution in [0.5, 0.6) is 0 Å². The molecule has 0 aliphatic heterocycles.